The summed E-state index contributed by atoms with van der Waals surface area (Å²) in [7, 11) is 2.15. The first-order chi connectivity index (χ1) is 9.81. The number of rotatable bonds is 2. The first-order valence-corrected chi connectivity index (χ1v) is 7.71. The van der Waals surface area contributed by atoms with Gasteiger partial charge in [-0.1, -0.05) is 30.0 Å². The van der Waals surface area contributed by atoms with Gasteiger partial charge in [0.15, 0.2) is 5.50 Å². The first-order valence-electron chi connectivity index (χ1n) is 6.83. The zero-order valence-electron chi connectivity index (χ0n) is 11.6. The Hall–Kier alpha value is -1.53. The number of nitrogens with zero attached hydrogens (tertiary/aromatic N) is 4. The number of aliphatic imine (C=N–C) groups is 2. The van der Waals surface area contributed by atoms with E-state index in [9.17, 15) is 0 Å². The van der Waals surface area contributed by atoms with Gasteiger partial charge in [-0.05, 0) is 19.2 Å². The summed E-state index contributed by atoms with van der Waals surface area (Å²) in [5.41, 5.74) is 0.00422. The lowest BCUT2D eigenvalue weighted by molar-refractivity contribution is 0.213. The minimum atomic E-state index is 0.00422. The summed E-state index contributed by atoms with van der Waals surface area (Å²) >= 11 is 1.71. The molecule has 0 aromatic heterocycles. The molecule has 1 atom stereocenters. The van der Waals surface area contributed by atoms with E-state index in [1.54, 1.807) is 18.1 Å². The fourth-order valence-corrected chi connectivity index (χ4v) is 3.04. The van der Waals surface area contributed by atoms with Crippen LogP contribution < -0.4 is 5.32 Å². The third-order valence-electron chi connectivity index (χ3n) is 3.41. The first kappa shape index (κ1) is 13.5. The lowest BCUT2D eigenvalue weighted by Crippen LogP contribution is -2.48. The van der Waals surface area contributed by atoms with E-state index in [0.29, 0.717) is 0 Å². The standard InChI is InChI=1S/C14H19N5S/c1-18-7-9-19(10-8-18)13-15-11-16-14(17-13)20-12-5-3-2-4-6-12/h2-6,11,14H,7-10H2,1H3,(H,15,16,17). The molecule has 1 fully saturated rings. The van der Waals surface area contributed by atoms with Crippen molar-refractivity contribution in [2.45, 2.75) is 10.4 Å². The molecule has 0 amide bonds. The summed E-state index contributed by atoms with van der Waals surface area (Å²) in [5.74, 6) is 0.852. The zero-order chi connectivity index (χ0) is 13.8. The van der Waals surface area contributed by atoms with E-state index in [0.717, 1.165) is 32.1 Å². The highest BCUT2D eigenvalue weighted by Crippen LogP contribution is 2.23. The maximum atomic E-state index is 4.70. The molecular weight excluding hydrogens is 270 g/mol. The molecule has 0 radical (unpaired) electrons. The normalized spacial score (nSPS) is 23.4. The monoisotopic (exact) mass is 289 g/mol. The molecule has 1 aromatic rings. The highest BCUT2D eigenvalue weighted by Gasteiger charge is 2.20. The SMILES string of the molecule is CN1CCN(C2=NC(Sc3ccccc3)NC=N2)CC1. The van der Waals surface area contributed by atoms with Gasteiger partial charge in [0, 0.05) is 31.1 Å². The molecule has 0 aliphatic carbocycles. The highest BCUT2D eigenvalue weighted by atomic mass is 32.2. The number of nitrogens with one attached hydrogen (secondary N) is 1. The van der Waals surface area contributed by atoms with Crippen molar-refractivity contribution >= 4 is 24.1 Å². The molecule has 2 aliphatic rings. The Labute approximate surface area is 123 Å². The van der Waals surface area contributed by atoms with Crippen molar-refractivity contribution in [2.24, 2.45) is 9.98 Å². The molecule has 1 unspecified atom stereocenters. The fourth-order valence-electron chi connectivity index (χ4n) is 2.19. The van der Waals surface area contributed by atoms with Gasteiger partial charge in [0.1, 0.15) is 0 Å². The van der Waals surface area contributed by atoms with Gasteiger partial charge in [0.05, 0.1) is 6.34 Å². The van der Waals surface area contributed by atoms with Gasteiger partial charge in [0.25, 0.3) is 0 Å². The predicted octanol–water partition coefficient (Wildman–Crippen LogP) is 1.30. The summed E-state index contributed by atoms with van der Waals surface area (Å²) in [5, 5.41) is 3.19. The minimum Gasteiger partial charge on any atom is -0.346 e. The van der Waals surface area contributed by atoms with Crippen molar-refractivity contribution in [3.8, 4) is 0 Å². The van der Waals surface area contributed by atoms with Gasteiger partial charge >= 0.3 is 0 Å². The lowest BCUT2D eigenvalue weighted by Gasteiger charge is -2.34. The van der Waals surface area contributed by atoms with Crippen LogP contribution in [0.5, 0.6) is 0 Å². The van der Waals surface area contributed by atoms with E-state index in [4.69, 9.17) is 4.99 Å². The maximum Gasteiger partial charge on any atom is 0.225 e. The summed E-state index contributed by atoms with van der Waals surface area (Å²) in [6, 6.07) is 10.3. The zero-order valence-corrected chi connectivity index (χ0v) is 12.4. The molecule has 1 aromatic carbocycles. The van der Waals surface area contributed by atoms with Gasteiger partial charge in [-0.2, -0.15) is 0 Å². The Morgan fingerprint density at radius 2 is 1.90 bits per heavy atom. The third kappa shape index (κ3) is 3.32. The summed E-state index contributed by atoms with van der Waals surface area (Å²) in [6.07, 6.45) is 1.77. The fraction of sp³-hybridized carbons (Fsp3) is 0.429. The molecule has 0 spiro atoms. The summed E-state index contributed by atoms with van der Waals surface area (Å²) in [6.45, 7) is 4.13. The second-order valence-corrected chi connectivity index (χ2v) is 6.08. The Kier molecular flexibility index (Phi) is 4.22. The minimum absolute atomic E-state index is 0.00422. The third-order valence-corrected chi connectivity index (χ3v) is 4.42. The van der Waals surface area contributed by atoms with Crippen LogP contribution in [-0.4, -0.2) is 60.8 Å². The van der Waals surface area contributed by atoms with Gasteiger partial charge in [-0.3, -0.25) is 0 Å². The molecule has 3 rings (SSSR count). The largest absolute Gasteiger partial charge is 0.346 e. The number of piperazine rings is 1. The molecule has 0 saturated carbocycles. The average molecular weight is 289 g/mol. The van der Waals surface area contributed by atoms with E-state index in [1.165, 1.54) is 4.90 Å². The topological polar surface area (TPSA) is 43.2 Å². The van der Waals surface area contributed by atoms with Crippen molar-refractivity contribution in [1.29, 1.82) is 0 Å². The van der Waals surface area contributed by atoms with Crippen LogP contribution in [0.4, 0.5) is 0 Å². The van der Waals surface area contributed by atoms with Crippen LogP contribution in [0.3, 0.4) is 0 Å². The molecule has 106 valence electrons. The van der Waals surface area contributed by atoms with Gasteiger partial charge in [-0.25, -0.2) is 9.98 Å². The second-order valence-electron chi connectivity index (χ2n) is 4.93. The Morgan fingerprint density at radius 3 is 2.65 bits per heavy atom. The number of hydrogen-bond donors (Lipinski definition) is 1. The number of thioether (sulfide) groups is 1. The molecule has 0 bridgehead atoms. The molecule has 1 N–H and O–H groups in total. The summed E-state index contributed by atoms with van der Waals surface area (Å²) in [4.78, 5) is 14.9. The molecule has 20 heavy (non-hydrogen) atoms. The molecule has 5 nitrogen and oxygen atoms in total. The predicted molar refractivity (Wildman–Crippen MR) is 84.2 cm³/mol. The smallest absolute Gasteiger partial charge is 0.225 e. The van der Waals surface area contributed by atoms with E-state index < -0.39 is 0 Å². The van der Waals surface area contributed by atoms with Crippen molar-refractivity contribution in [1.82, 2.24) is 15.1 Å². The van der Waals surface area contributed by atoms with E-state index in [-0.39, 0.29) is 5.50 Å². The van der Waals surface area contributed by atoms with Crippen molar-refractivity contribution in [2.75, 3.05) is 33.2 Å². The number of benzene rings is 1. The van der Waals surface area contributed by atoms with Crippen molar-refractivity contribution in [3.05, 3.63) is 30.3 Å². The van der Waals surface area contributed by atoms with Crippen LogP contribution in [0, 0.1) is 0 Å². The molecule has 2 aliphatic heterocycles. The van der Waals surface area contributed by atoms with E-state index >= 15 is 0 Å². The number of hydrogen-bond acceptors (Lipinski definition) is 6. The quantitative estimate of drug-likeness (QED) is 0.891. The molecule has 1 saturated heterocycles. The van der Waals surface area contributed by atoms with Crippen LogP contribution in [0.25, 0.3) is 0 Å². The summed E-state index contributed by atoms with van der Waals surface area (Å²) < 4.78 is 0. The van der Waals surface area contributed by atoms with Crippen molar-refractivity contribution in [3.63, 3.8) is 0 Å². The number of guanidine groups is 1. The van der Waals surface area contributed by atoms with Crippen LogP contribution >= 0.6 is 11.8 Å². The van der Waals surface area contributed by atoms with Gasteiger partial charge in [0.2, 0.25) is 5.96 Å². The Balaban J connectivity index is 1.65. The van der Waals surface area contributed by atoms with Gasteiger partial charge in [-0.15, -0.1) is 0 Å². The Morgan fingerprint density at radius 1 is 1.15 bits per heavy atom. The van der Waals surface area contributed by atoms with E-state index in [2.05, 4.69) is 39.3 Å². The molecular formula is C14H19N5S. The maximum absolute atomic E-state index is 4.70. The lowest BCUT2D eigenvalue weighted by atomic mass is 10.3. The molecule has 2 heterocycles. The Bertz CT molecular complexity index is 494. The van der Waals surface area contributed by atoms with Crippen LogP contribution in [0.2, 0.25) is 0 Å². The van der Waals surface area contributed by atoms with Crippen molar-refractivity contribution < 1.29 is 0 Å². The van der Waals surface area contributed by atoms with Crippen LogP contribution in [0.15, 0.2) is 45.2 Å². The van der Waals surface area contributed by atoms with Crippen LogP contribution in [-0.2, 0) is 0 Å². The highest BCUT2D eigenvalue weighted by molar-refractivity contribution is 7.99. The van der Waals surface area contributed by atoms with E-state index in [1.807, 2.05) is 18.2 Å². The second kappa shape index (κ2) is 6.28. The number of likely N-dealkylation sites (N-methyl/N-ethyl adjacent to an activating group) is 1. The molecule has 6 heteroatoms. The van der Waals surface area contributed by atoms with Gasteiger partial charge < -0.3 is 15.1 Å². The average Bonchev–Trinajstić information content (AvgIpc) is 2.49. The van der Waals surface area contributed by atoms with Crippen LogP contribution in [0.1, 0.15) is 0 Å².